The summed E-state index contributed by atoms with van der Waals surface area (Å²) in [5.74, 6) is 0.327. The van der Waals surface area contributed by atoms with Gasteiger partial charge in [0.25, 0.3) is 0 Å². The van der Waals surface area contributed by atoms with Gasteiger partial charge in [0.05, 0.1) is 0 Å². The Bertz CT molecular complexity index is 613. The molecule has 0 bridgehead atoms. The van der Waals surface area contributed by atoms with Crippen LogP contribution in [0.4, 0.5) is 0 Å². The van der Waals surface area contributed by atoms with Crippen LogP contribution in [0.25, 0.3) is 0 Å². The van der Waals surface area contributed by atoms with Crippen molar-refractivity contribution in [1.29, 1.82) is 0 Å². The van der Waals surface area contributed by atoms with Gasteiger partial charge in [-0.3, -0.25) is 19.4 Å². The molecule has 6 heteroatoms. The maximum Gasteiger partial charge on any atom is 0.239 e. The van der Waals surface area contributed by atoms with Gasteiger partial charge in [-0.05, 0) is 11.5 Å². The van der Waals surface area contributed by atoms with Gasteiger partial charge in [-0.25, -0.2) is 0 Å². The summed E-state index contributed by atoms with van der Waals surface area (Å²) in [7, 11) is 0. The third-order valence-corrected chi connectivity index (χ3v) is 5.58. The SMILES string of the molecule is CC(=O)N1CCN(C2CN(C(C(N)=O)c3ccccc3)CC2C)CC1. The van der Waals surface area contributed by atoms with E-state index in [1.165, 1.54) is 0 Å². The van der Waals surface area contributed by atoms with Gasteiger partial charge in [-0.15, -0.1) is 0 Å². The number of nitrogens with two attached hydrogens (primary N) is 1. The van der Waals surface area contributed by atoms with Crippen LogP contribution < -0.4 is 5.73 Å². The maximum atomic E-state index is 12.1. The first kappa shape index (κ1) is 17.9. The second kappa shape index (κ2) is 7.54. The Morgan fingerprint density at radius 1 is 1.08 bits per heavy atom. The molecule has 2 saturated heterocycles. The summed E-state index contributed by atoms with van der Waals surface area (Å²) >= 11 is 0. The lowest BCUT2D eigenvalue weighted by atomic mass is 10.0. The molecule has 2 N–H and O–H groups in total. The molecular weight excluding hydrogens is 316 g/mol. The number of hydrogen-bond acceptors (Lipinski definition) is 4. The van der Waals surface area contributed by atoms with Crippen LogP contribution in [0.1, 0.15) is 25.5 Å². The van der Waals surface area contributed by atoms with Gasteiger partial charge in [0.2, 0.25) is 11.8 Å². The van der Waals surface area contributed by atoms with Gasteiger partial charge in [-0.1, -0.05) is 37.3 Å². The number of rotatable bonds is 4. The topological polar surface area (TPSA) is 69.9 Å². The predicted octanol–water partition coefficient (Wildman–Crippen LogP) is 0.697. The van der Waals surface area contributed by atoms with E-state index < -0.39 is 0 Å². The number of primary amides is 1. The van der Waals surface area contributed by atoms with Crippen molar-refractivity contribution in [3.63, 3.8) is 0 Å². The normalized spacial score (nSPS) is 26.6. The molecule has 2 fully saturated rings. The molecular formula is C19H28N4O2. The van der Waals surface area contributed by atoms with E-state index >= 15 is 0 Å². The molecule has 25 heavy (non-hydrogen) atoms. The highest BCUT2D eigenvalue weighted by atomic mass is 16.2. The van der Waals surface area contributed by atoms with Crippen LogP contribution in [0, 0.1) is 5.92 Å². The van der Waals surface area contributed by atoms with Crippen molar-refractivity contribution >= 4 is 11.8 Å². The summed E-state index contributed by atoms with van der Waals surface area (Å²) in [5.41, 5.74) is 6.69. The molecule has 0 saturated carbocycles. The van der Waals surface area contributed by atoms with Crippen LogP contribution in [0.5, 0.6) is 0 Å². The lowest BCUT2D eigenvalue weighted by Crippen LogP contribution is -2.53. The maximum absolute atomic E-state index is 12.1. The highest BCUT2D eigenvalue weighted by molar-refractivity contribution is 5.81. The van der Waals surface area contributed by atoms with Crippen molar-refractivity contribution in [2.75, 3.05) is 39.3 Å². The second-order valence-electron chi connectivity index (χ2n) is 7.26. The van der Waals surface area contributed by atoms with Crippen LogP contribution in [0.15, 0.2) is 30.3 Å². The van der Waals surface area contributed by atoms with Gasteiger partial charge in [-0.2, -0.15) is 0 Å². The minimum atomic E-state index is -0.368. The van der Waals surface area contributed by atoms with Crippen molar-refractivity contribution < 1.29 is 9.59 Å². The molecule has 2 aliphatic heterocycles. The largest absolute Gasteiger partial charge is 0.368 e. The van der Waals surface area contributed by atoms with E-state index in [9.17, 15) is 9.59 Å². The molecule has 2 amide bonds. The van der Waals surface area contributed by atoms with Crippen molar-refractivity contribution in [3.05, 3.63) is 35.9 Å². The van der Waals surface area contributed by atoms with Crippen molar-refractivity contribution in [2.24, 2.45) is 11.7 Å². The molecule has 3 unspecified atom stereocenters. The molecule has 2 heterocycles. The fourth-order valence-electron chi connectivity index (χ4n) is 4.23. The standard InChI is InChI=1S/C19H28N4O2/c1-14-12-23(18(19(20)25)16-6-4-3-5-7-16)13-17(14)22-10-8-21(9-11-22)15(2)24/h3-7,14,17-18H,8-13H2,1-2H3,(H2,20,25). The molecule has 0 radical (unpaired) electrons. The third kappa shape index (κ3) is 3.85. The molecule has 1 aromatic rings. The van der Waals surface area contributed by atoms with Crippen molar-refractivity contribution in [2.45, 2.75) is 25.9 Å². The molecule has 0 aromatic heterocycles. The van der Waals surface area contributed by atoms with Gasteiger partial charge < -0.3 is 10.6 Å². The Balaban J connectivity index is 1.68. The van der Waals surface area contributed by atoms with Crippen LogP contribution in [-0.2, 0) is 9.59 Å². The Kier molecular flexibility index (Phi) is 5.39. The minimum Gasteiger partial charge on any atom is -0.368 e. The Morgan fingerprint density at radius 3 is 2.28 bits per heavy atom. The average molecular weight is 344 g/mol. The van der Waals surface area contributed by atoms with Gasteiger partial charge in [0.1, 0.15) is 6.04 Å². The quantitative estimate of drug-likeness (QED) is 0.873. The second-order valence-corrected chi connectivity index (χ2v) is 7.26. The fraction of sp³-hybridized carbons (Fsp3) is 0.579. The van der Waals surface area contributed by atoms with Crippen LogP contribution in [0.2, 0.25) is 0 Å². The number of nitrogens with zero attached hydrogens (tertiary/aromatic N) is 3. The van der Waals surface area contributed by atoms with E-state index in [-0.39, 0.29) is 17.9 Å². The Labute approximate surface area is 149 Å². The highest BCUT2D eigenvalue weighted by Crippen LogP contribution is 2.30. The number of likely N-dealkylation sites (tertiary alicyclic amines) is 1. The molecule has 6 nitrogen and oxygen atoms in total. The molecule has 1 aromatic carbocycles. The molecule has 3 rings (SSSR count). The number of hydrogen-bond donors (Lipinski definition) is 1. The first-order valence-corrected chi connectivity index (χ1v) is 9.05. The fourth-order valence-corrected chi connectivity index (χ4v) is 4.23. The zero-order valence-electron chi connectivity index (χ0n) is 15.1. The highest BCUT2D eigenvalue weighted by Gasteiger charge is 2.40. The van der Waals surface area contributed by atoms with E-state index in [4.69, 9.17) is 5.73 Å². The summed E-state index contributed by atoms with van der Waals surface area (Å²) in [6.07, 6.45) is 0. The Hall–Kier alpha value is -1.92. The van der Waals surface area contributed by atoms with Crippen LogP contribution in [-0.4, -0.2) is 71.8 Å². The molecule has 0 spiro atoms. The average Bonchev–Trinajstić information content (AvgIpc) is 2.97. The van der Waals surface area contributed by atoms with E-state index in [1.54, 1.807) is 6.92 Å². The number of amides is 2. The lowest BCUT2D eigenvalue weighted by molar-refractivity contribution is -0.131. The number of carbonyl (C=O) groups excluding carboxylic acids is 2. The Morgan fingerprint density at radius 2 is 1.72 bits per heavy atom. The monoisotopic (exact) mass is 344 g/mol. The zero-order valence-corrected chi connectivity index (χ0v) is 15.1. The number of benzene rings is 1. The predicted molar refractivity (Wildman–Crippen MR) is 96.7 cm³/mol. The third-order valence-electron chi connectivity index (χ3n) is 5.58. The summed E-state index contributed by atoms with van der Waals surface area (Å²) in [6, 6.07) is 9.82. The van der Waals surface area contributed by atoms with E-state index in [0.29, 0.717) is 12.0 Å². The molecule has 136 valence electrons. The summed E-state index contributed by atoms with van der Waals surface area (Å²) in [6.45, 7) is 8.94. The molecule has 3 atom stereocenters. The van der Waals surface area contributed by atoms with Crippen LogP contribution in [0.3, 0.4) is 0 Å². The smallest absolute Gasteiger partial charge is 0.239 e. The lowest BCUT2D eigenvalue weighted by Gasteiger charge is -2.39. The van der Waals surface area contributed by atoms with Gasteiger partial charge in [0.15, 0.2) is 0 Å². The summed E-state index contributed by atoms with van der Waals surface area (Å²) in [4.78, 5) is 30.2. The minimum absolute atomic E-state index is 0.151. The van der Waals surface area contributed by atoms with E-state index in [1.807, 2.05) is 35.2 Å². The summed E-state index contributed by atoms with van der Waals surface area (Å²) in [5, 5.41) is 0. The molecule has 2 aliphatic rings. The number of piperazine rings is 1. The van der Waals surface area contributed by atoms with Crippen LogP contribution >= 0.6 is 0 Å². The van der Waals surface area contributed by atoms with Crippen molar-refractivity contribution in [3.8, 4) is 0 Å². The first-order chi connectivity index (χ1) is 12.0. The molecule has 0 aliphatic carbocycles. The first-order valence-electron chi connectivity index (χ1n) is 9.05. The van der Waals surface area contributed by atoms with Gasteiger partial charge in [0, 0.05) is 52.2 Å². The summed E-state index contributed by atoms with van der Waals surface area (Å²) < 4.78 is 0. The number of carbonyl (C=O) groups is 2. The van der Waals surface area contributed by atoms with E-state index in [2.05, 4.69) is 16.7 Å². The van der Waals surface area contributed by atoms with E-state index in [0.717, 1.165) is 44.8 Å². The zero-order chi connectivity index (χ0) is 18.0. The van der Waals surface area contributed by atoms with Crippen molar-refractivity contribution in [1.82, 2.24) is 14.7 Å². The van der Waals surface area contributed by atoms with Gasteiger partial charge >= 0.3 is 0 Å².